The summed E-state index contributed by atoms with van der Waals surface area (Å²) >= 11 is 0. The predicted molar refractivity (Wildman–Crippen MR) is 94.6 cm³/mol. The molecule has 0 aromatic heterocycles. The van der Waals surface area contributed by atoms with Gasteiger partial charge < -0.3 is 15.4 Å². The van der Waals surface area contributed by atoms with Gasteiger partial charge in [0.25, 0.3) is 0 Å². The summed E-state index contributed by atoms with van der Waals surface area (Å²) in [6.07, 6.45) is 5.01. The minimum atomic E-state index is -0.468. The van der Waals surface area contributed by atoms with Gasteiger partial charge in [0.1, 0.15) is 5.60 Å². The van der Waals surface area contributed by atoms with Gasteiger partial charge in [-0.1, -0.05) is 31.4 Å². The largest absolute Gasteiger partial charge is 0.444 e. The molecule has 2 N–H and O–H groups in total. The van der Waals surface area contributed by atoms with E-state index in [1.807, 2.05) is 32.9 Å². The van der Waals surface area contributed by atoms with E-state index in [1.54, 1.807) is 0 Å². The smallest absolute Gasteiger partial charge is 0.407 e. The Hall–Kier alpha value is -1.71. The predicted octanol–water partition coefficient (Wildman–Crippen LogP) is 4.70. The van der Waals surface area contributed by atoms with Gasteiger partial charge >= 0.3 is 6.09 Å². The molecule has 1 saturated carbocycles. The Kier molecular flexibility index (Phi) is 5.91. The van der Waals surface area contributed by atoms with E-state index in [1.165, 1.54) is 25.7 Å². The van der Waals surface area contributed by atoms with Crippen molar-refractivity contribution in [1.82, 2.24) is 5.32 Å². The summed E-state index contributed by atoms with van der Waals surface area (Å²) < 4.78 is 5.25. The molecule has 1 unspecified atom stereocenters. The Bertz CT molecular complexity index is 518. The van der Waals surface area contributed by atoms with Crippen molar-refractivity contribution >= 4 is 11.8 Å². The molecule has 1 aromatic carbocycles. The molecule has 1 atom stereocenters. The second kappa shape index (κ2) is 7.71. The molecule has 1 aromatic rings. The zero-order valence-electron chi connectivity index (χ0n) is 14.8. The lowest BCUT2D eigenvalue weighted by Gasteiger charge is -2.29. The highest BCUT2D eigenvalue weighted by atomic mass is 16.6. The maximum absolute atomic E-state index is 11.7. The van der Waals surface area contributed by atoms with E-state index in [9.17, 15) is 4.79 Å². The molecule has 128 valence electrons. The van der Waals surface area contributed by atoms with Crippen molar-refractivity contribution in [2.45, 2.75) is 71.6 Å². The third-order valence-corrected chi connectivity index (χ3v) is 4.09. The van der Waals surface area contributed by atoms with Gasteiger partial charge in [0, 0.05) is 18.3 Å². The minimum absolute atomic E-state index is 0.380. The van der Waals surface area contributed by atoms with E-state index in [-0.39, 0.29) is 6.09 Å². The zero-order chi connectivity index (χ0) is 16.9. The molecule has 0 saturated heterocycles. The maximum Gasteiger partial charge on any atom is 0.407 e. The molecular formula is C19H30N2O2. The Morgan fingerprint density at radius 1 is 1.35 bits per heavy atom. The number of alkyl carbamates (subject to hydrolysis) is 1. The molecule has 2 rings (SSSR count). The summed E-state index contributed by atoms with van der Waals surface area (Å²) in [5.41, 5.74) is 1.71. The van der Waals surface area contributed by atoms with E-state index in [0.29, 0.717) is 12.6 Å². The lowest BCUT2D eigenvalue weighted by molar-refractivity contribution is 0.0523. The van der Waals surface area contributed by atoms with Crippen LogP contribution in [-0.4, -0.2) is 17.7 Å². The van der Waals surface area contributed by atoms with Gasteiger partial charge in [0.05, 0.1) is 0 Å². The summed E-state index contributed by atoms with van der Waals surface area (Å²) in [7, 11) is 0. The monoisotopic (exact) mass is 318 g/mol. The molecule has 23 heavy (non-hydrogen) atoms. The Labute approximate surface area is 140 Å². The molecule has 0 radical (unpaired) electrons. The van der Waals surface area contributed by atoms with Crippen LogP contribution in [0.1, 0.15) is 58.9 Å². The summed E-state index contributed by atoms with van der Waals surface area (Å²) in [5, 5.41) is 6.36. The molecular weight excluding hydrogens is 288 g/mol. The second-order valence-electron chi connectivity index (χ2n) is 7.63. The number of hydrogen-bond acceptors (Lipinski definition) is 3. The van der Waals surface area contributed by atoms with E-state index >= 15 is 0 Å². The van der Waals surface area contributed by atoms with Crippen molar-refractivity contribution in [3.05, 3.63) is 29.8 Å². The van der Waals surface area contributed by atoms with Crippen LogP contribution in [0.3, 0.4) is 0 Å². The first kappa shape index (κ1) is 17.6. The van der Waals surface area contributed by atoms with Gasteiger partial charge in [-0.05, 0) is 57.7 Å². The lowest BCUT2D eigenvalue weighted by Crippen LogP contribution is -2.32. The standard InChI is InChI=1S/C19H30N2O2/c1-14(11-15-7-5-8-15)21-17-10-6-9-16(12-17)13-20-18(22)23-19(2,3)4/h6,9-10,12,14-15,21H,5,7-8,11,13H2,1-4H3,(H,20,22). The summed E-state index contributed by atoms with van der Waals surface area (Å²) in [5.74, 6) is 0.898. The van der Waals surface area contributed by atoms with Crippen molar-refractivity contribution < 1.29 is 9.53 Å². The van der Waals surface area contributed by atoms with Crippen LogP contribution in [0.4, 0.5) is 10.5 Å². The third kappa shape index (κ3) is 6.51. The van der Waals surface area contributed by atoms with Crippen molar-refractivity contribution in [1.29, 1.82) is 0 Å². The second-order valence-corrected chi connectivity index (χ2v) is 7.63. The molecule has 0 bridgehead atoms. The Morgan fingerprint density at radius 2 is 2.09 bits per heavy atom. The van der Waals surface area contributed by atoms with Crippen molar-refractivity contribution in [3.8, 4) is 0 Å². The quantitative estimate of drug-likeness (QED) is 0.799. The average Bonchev–Trinajstić information content (AvgIpc) is 2.39. The van der Waals surface area contributed by atoms with Crippen LogP contribution < -0.4 is 10.6 Å². The number of hydrogen-bond donors (Lipinski definition) is 2. The number of nitrogens with one attached hydrogen (secondary N) is 2. The fourth-order valence-corrected chi connectivity index (χ4v) is 2.83. The van der Waals surface area contributed by atoms with Crippen LogP contribution in [0, 0.1) is 5.92 Å². The molecule has 1 aliphatic carbocycles. The number of rotatable bonds is 6. The highest BCUT2D eigenvalue weighted by Gasteiger charge is 2.20. The van der Waals surface area contributed by atoms with Crippen LogP contribution in [0.15, 0.2) is 24.3 Å². The first-order valence-electron chi connectivity index (χ1n) is 8.64. The third-order valence-electron chi connectivity index (χ3n) is 4.09. The average molecular weight is 318 g/mol. The molecule has 1 aliphatic rings. The number of anilines is 1. The molecule has 0 heterocycles. The topological polar surface area (TPSA) is 50.4 Å². The highest BCUT2D eigenvalue weighted by Crippen LogP contribution is 2.31. The van der Waals surface area contributed by atoms with Gasteiger partial charge in [-0.15, -0.1) is 0 Å². The van der Waals surface area contributed by atoms with Gasteiger partial charge in [-0.2, -0.15) is 0 Å². The molecule has 0 spiro atoms. The van der Waals surface area contributed by atoms with Gasteiger partial charge in [-0.25, -0.2) is 4.79 Å². The number of benzene rings is 1. The molecule has 4 heteroatoms. The first-order valence-corrected chi connectivity index (χ1v) is 8.64. The Morgan fingerprint density at radius 3 is 2.70 bits per heavy atom. The van der Waals surface area contributed by atoms with Crippen LogP contribution in [0.2, 0.25) is 0 Å². The maximum atomic E-state index is 11.7. The lowest BCUT2D eigenvalue weighted by atomic mass is 9.81. The van der Waals surface area contributed by atoms with Crippen LogP contribution in [0.25, 0.3) is 0 Å². The summed E-state index contributed by atoms with van der Waals surface area (Å²) in [4.78, 5) is 11.7. The van der Waals surface area contributed by atoms with E-state index < -0.39 is 5.60 Å². The zero-order valence-corrected chi connectivity index (χ0v) is 14.8. The number of carbonyl (C=O) groups excluding carboxylic acids is 1. The number of ether oxygens (including phenoxy) is 1. The van der Waals surface area contributed by atoms with Crippen molar-refractivity contribution in [3.63, 3.8) is 0 Å². The van der Waals surface area contributed by atoms with E-state index in [2.05, 4.69) is 29.7 Å². The first-order chi connectivity index (χ1) is 10.8. The normalized spacial score (nSPS) is 16.3. The number of amides is 1. The number of carbonyl (C=O) groups is 1. The highest BCUT2D eigenvalue weighted by molar-refractivity contribution is 5.67. The minimum Gasteiger partial charge on any atom is -0.444 e. The molecule has 4 nitrogen and oxygen atoms in total. The van der Waals surface area contributed by atoms with Crippen LogP contribution in [0.5, 0.6) is 0 Å². The Balaban J connectivity index is 1.80. The summed E-state index contributed by atoms with van der Waals surface area (Å²) in [6, 6.07) is 8.68. The molecule has 1 amide bonds. The van der Waals surface area contributed by atoms with Crippen molar-refractivity contribution in [2.75, 3.05) is 5.32 Å². The van der Waals surface area contributed by atoms with Crippen LogP contribution >= 0.6 is 0 Å². The van der Waals surface area contributed by atoms with Crippen LogP contribution in [-0.2, 0) is 11.3 Å². The van der Waals surface area contributed by atoms with Gasteiger partial charge in [-0.3, -0.25) is 0 Å². The SMILES string of the molecule is CC(CC1CCC1)Nc1cccc(CNC(=O)OC(C)(C)C)c1. The fourth-order valence-electron chi connectivity index (χ4n) is 2.83. The van der Waals surface area contributed by atoms with E-state index in [4.69, 9.17) is 4.74 Å². The molecule has 0 aliphatic heterocycles. The van der Waals surface area contributed by atoms with Gasteiger partial charge in [0.15, 0.2) is 0 Å². The van der Waals surface area contributed by atoms with E-state index in [0.717, 1.165) is 17.2 Å². The van der Waals surface area contributed by atoms with Gasteiger partial charge in [0.2, 0.25) is 0 Å². The van der Waals surface area contributed by atoms with Crippen molar-refractivity contribution in [2.24, 2.45) is 5.92 Å². The molecule has 1 fully saturated rings. The summed E-state index contributed by atoms with van der Waals surface area (Å²) in [6.45, 7) is 8.30. The fraction of sp³-hybridized carbons (Fsp3) is 0.632.